The minimum atomic E-state index is -0.173. The van der Waals surface area contributed by atoms with Crippen molar-refractivity contribution in [3.05, 3.63) is 29.5 Å². The number of benzene rings is 1. The first-order chi connectivity index (χ1) is 11.2. The van der Waals surface area contributed by atoms with Gasteiger partial charge in [0.25, 0.3) is 0 Å². The average molecular weight is 347 g/mol. The number of hydrogen-bond donors (Lipinski definition) is 1. The second kappa shape index (κ2) is 5.74. The highest BCUT2D eigenvalue weighted by atomic mass is 32.1. The van der Waals surface area contributed by atoms with Crippen LogP contribution in [0.4, 0.5) is 9.93 Å². The number of carbonyl (C=O) groups excluding carboxylic acids is 1. The van der Waals surface area contributed by atoms with Crippen molar-refractivity contribution in [3.8, 4) is 5.75 Å². The molecule has 1 aromatic carbocycles. The largest absolute Gasteiger partial charge is 0.484 e. The van der Waals surface area contributed by atoms with E-state index in [1.54, 1.807) is 23.2 Å². The van der Waals surface area contributed by atoms with Crippen molar-refractivity contribution in [1.82, 2.24) is 19.2 Å². The van der Waals surface area contributed by atoms with Gasteiger partial charge in [0.2, 0.25) is 5.13 Å². The average Bonchev–Trinajstić information content (AvgIpc) is 3.11. The van der Waals surface area contributed by atoms with E-state index in [0.717, 1.165) is 16.0 Å². The highest BCUT2D eigenvalue weighted by molar-refractivity contribution is 7.16. The van der Waals surface area contributed by atoms with Crippen molar-refractivity contribution in [1.29, 1.82) is 0 Å². The second-order valence-corrected chi connectivity index (χ2v) is 6.82. The lowest BCUT2D eigenvalue weighted by atomic mass is 10.2. The zero-order valence-corrected chi connectivity index (χ0v) is 13.9. The molecule has 4 rings (SSSR count). The van der Waals surface area contributed by atoms with Gasteiger partial charge in [0.05, 0.1) is 23.3 Å². The van der Waals surface area contributed by atoms with Crippen LogP contribution in [0.1, 0.15) is 5.82 Å². The minimum absolute atomic E-state index is 0.00999. The lowest BCUT2D eigenvalue weighted by Gasteiger charge is -2.38. The predicted molar refractivity (Wildman–Crippen MR) is 89.3 cm³/mol. The molecule has 0 saturated carbocycles. The smallest absolute Gasteiger partial charge is 0.323 e. The summed E-state index contributed by atoms with van der Waals surface area (Å²) in [6.45, 7) is 2.88. The Balaban J connectivity index is 1.34. The molecule has 1 fully saturated rings. The molecule has 0 bridgehead atoms. The van der Waals surface area contributed by atoms with Crippen molar-refractivity contribution in [2.24, 2.45) is 0 Å². The summed E-state index contributed by atoms with van der Waals surface area (Å²) in [5.74, 6) is 1.43. The number of likely N-dealkylation sites (tertiary alicyclic amines) is 1. The van der Waals surface area contributed by atoms with Gasteiger partial charge in [-0.15, -0.1) is 11.3 Å². The van der Waals surface area contributed by atoms with Crippen molar-refractivity contribution in [2.75, 3.05) is 18.4 Å². The Morgan fingerprint density at radius 2 is 2.30 bits per heavy atom. The van der Waals surface area contributed by atoms with E-state index < -0.39 is 0 Å². The van der Waals surface area contributed by atoms with Gasteiger partial charge in [0.1, 0.15) is 23.2 Å². The Kier molecular flexibility index (Phi) is 3.58. The summed E-state index contributed by atoms with van der Waals surface area (Å²) < 4.78 is 11.1. The van der Waals surface area contributed by atoms with E-state index in [2.05, 4.69) is 19.7 Å². The Labute approximate surface area is 140 Å². The van der Waals surface area contributed by atoms with E-state index in [4.69, 9.17) is 4.74 Å². The maximum atomic E-state index is 12.1. The highest BCUT2D eigenvalue weighted by Crippen LogP contribution is 2.29. The maximum Gasteiger partial charge on any atom is 0.323 e. The van der Waals surface area contributed by atoms with E-state index in [1.165, 1.54) is 11.5 Å². The standard InChI is InChI=1S/C14H13N5O2S2/c1-8-16-13(23-18-8)17-14(20)19-5-9(6-19)21-10-3-2-4-11-12(10)15-7-22-11/h2-4,7,9H,5-6H2,1H3,(H,16,17,18,20). The molecule has 1 aliphatic heterocycles. The molecule has 0 spiro atoms. The summed E-state index contributed by atoms with van der Waals surface area (Å²) in [5, 5.41) is 3.26. The third kappa shape index (κ3) is 2.84. The fourth-order valence-corrected chi connectivity index (χ4v) is 3.59. The zero-order valence-electron chi connectivity index (χ0n) is 12.2. The molecule has 118 valence electrons. The normalized spacial score (nSPS) is 14.7. The van der Waals surface area contributed by atoms with Gasteiger partial charge in [0, 0.05) is 11.5 Å². The van der Waals surface area contributed by atoms with Gasteiger partial charge in [-0.25, -0.2) is 14.8 Å². The molecule has 23 heavy (non-hydrogen) atoms. The third-order valence-electron chi connectivity index (χ3n) is 3.49. The van der Waals surface area contributed by atoms with Crippen LogP contribution in [0.25, 0.3) is 10.2 Å². The molecular weight excluding hydrogens is 334 g/mol. The first-order valence-electron chi connectivity index (χ1n) is 7.04. The number of para-hydroxylation sites is 1. The number of hydrogen-bond acceptors (Lipinski definition) is 7. The molecule has 0 aliphatic carbocycles. The monoisotopic (exact) mass is 347 g/mol. The number of aryl methyl sites for hydroxylation is 1. The van der Waals surface area contributed by atoms with Crippen molar-refractivity contribution in [3.63, 3.8) is 0 Å². The molecule has 0 radical (unpaired) electrons. The van der Waals surface area contributed by atoms with Crippen LogP contribution >= 0.6 is 22.9 Å². The summed E-state index contributed by atoms with van der Waals surface area (Å²) in [5.41, 5.74) is 2.69. The van der Waals surface area contributed by atoms with Gasteiger partial charge in [-0.1, -0.05) is 6.07 Å². The summed E-state index contributed by atoms with van der Waals surface area (Å²) in [4.78, 5) is 22.2. The van der Waals surface area contributed by atoms with E-state index in [9.17, 15) is 4.79 Å². The number of carbonyl (C=O) groups is 1. The van der Waals surface area contributed by atoms with Crippen LogP contribution in [0.5, 0.6) is 5.75 Å². The fraction of sp³-hybridized carbons (Fsp3) is 0.286. The number of urea groups is 1. The molecule has 2 aromatic heterocycles. The van der Waals surface area contributed by atoms with Gasteiger partial charge >= 0.3 is 6.03 Å². The Bertz CT molecular complexity index is 856. The number of anilines is 1. The van der Waals surface area contributed by atoms with Crippen LogP contribution in [0.3, 0.4) is 0 Å². The molecule has 0 unspecified atom stereocenters. The van der Waals surface area contributed by atoms with Crippen LogP contribution < -0.4 is 10.1 Å². The predicted octanol–water partition coefficient (Wildman–Crippen LogP) is 2.75. The van der Waals surface area contributed by atoms with Crippen molar-refractivity contribution in [2.45, 2.75) is 13.0 Å². The summed E-state index contributed by atoms with van der Waals surface area (Å²) in [6.07, 6.45) is -0.00999. The van der Waals surface area contributed by atoms with E-state index >= 15 is 0 Å². The van der Waals surface area contributed by atoms with E-state index in [1.807, 2.05) is 23.7 Å². The van der Waals surface area contributed by atoms with Gasteiger partial charge in [-0.2, -0.15) is 4.37 Å². The fourth-order valence-electron chi connectivity index (χ4n) is 2.33. The van der Waals surface area contributed by atoms with E-state index in [0.29, 0.717) is 24.0 Å². The van der Waals surface area contributed by atoms with Crippen LogP contribution in [0, 0.1) is 6.92 Å². The summed E-state index contributed by atoms with van der Waals surface area (Å²) in [7, 11) is 0. The van der Waals surface area contributed by atoms with E-state index in [-0.39, 0.29) is 12.1 Å². The lowest BCUT2D eigenvalue weighted by Crippen LogP contribution is -2.57. The summed E-state index contributed by atoms with van der Waals surface area (Å²) in [6, 6.07) is 5.71. The highest BCUT2D eigenvalue weighted by Gasteiger charge is 2.33. The number of nitrogens with one attached hydrogen (secondary N) is 1. The zero-order chi connectivity index (χ0) is 15.8. The van der Waals surface area contributed by atoms with Gasteiger partial charge < -0.3 is 9.64 Å². The topological polar surface area (TPSA) is 80.2 Å². The Hall–Kier alpha value is -2.26. The number of amides is 2. The van der Waals surface area contributed by atoms with Crippen LogP contribution in [-0.4, -0.2) is 44.5 Å². The van der Waals surface area contributed by atoms with Gasteiger partial charge in [0.15, 0.2) is 0 Å². The van der Waals surface area contributed by atoms with Gasteiger partial charge in [-0.05, 0) is 19.1 Å². The number of thiazole rings is 1. The lowest BCUT2D eigenvalue weighted by molar-refractivity contribution is 0.0502. The number of ether oxygens (including phenoxy) is 1. The SMILES string of the molecule is Cc1nsc(NC(=O)N2CC(Oc3cccc4scnc34)C2)n1. The maximum absolute atomic E-state index is 12.1. The second-order valence-electron chi connectivity index (χ2n) is 5.18. The molecule has 1 N–H and O–H groups in total. The van der Waals surface area contributed by atoms with Crippen LogP contribution in [0.15, 0.2) is 23.7 Å². The van der Waals surface area contributed by atoms with Crippen molar-refractivity contribution >= 4 is 44.2 Å². The first kappa shape index (κ1) is 14.3. The number of fused-ring (bicyclic) bond motifs is 1. The number of rotatable bonds is 3. The Morgan fingerprint density at radius 1 is 1.43 bits per heavy atom. The van der Waals surface area contributed by atoms with Crippen LogP contribution in [-0.2, 0) is 0 Å². The molecule has 3 heterocycles. The molecular formula is C14H13N5O2S2. The number of aromatic nitrogens is 3. The molecule has 0 atom stereocenters. The molecule has 9 heteroatoms. The third-order valence-corrected chi connectivity index (χ3v) is 5.01. The first-order valence-corrected chi connectivity index (χ1v) is 8.69. The van der Waals surface area contributed by atoms with Crippen molar-refractivity contribution < 1.29 is 9.53 Å². The number of nitrogens with zero attached hydrogens (tertiary/aromatic N) is 4. The minimum Gasteiger partial charge on any atom is -0.484 e. The van der Waals surface area contributed by atoms with Crippen LogP contribution in [0.2, 0.25) is 0 Å². The molecule has 7 nitrogen and oxygen atoms in total. The molecule has 3 aromatic rings. The molecule has 1 aliphatic rings. The molecule has 1 saturated heterocycles. The molecule has 2 amide bonds. The van der Waals surface area contributed by atoms with Gasteiger partial charge in [-0.3, -0.25) is 5.32 Å². The Morgan fingerprint density at radius 3 is 3.09 bits per heavy atom. The summed E-state index contributed by atoms with van der Waals surface area (Å²) >= 11 is 2.76. The quantitative estimate of drug-likeness (QED) is 0.788.